The van der Waals surface area contributed by atoms with Crippen molar-refractivity contribution in [3.8, 4) is 0 Å². The fraction of sp³-hybridized carbons (Fsp3) is 0.706. The lowest BCUT2D eigenvalue weighted by atomic mass is 9.93. The van der Waals surface area contributed by atoms with E-state index in [1.807, 2.05) is 46.6 Å². The number of likely N-dealkylation sites (N-methyl/N-ethyl adjacent to an activating group) is 1. The average Bonchev–Trinajstić information content (AvgIpc) is 2.47. The Morgan fingerprint density at radius 2 is 2.05 bits per heavy atom. The quantitative estimate of drug-likeness (QED) is 0.842. The third-order valence-corrected chi connectivity index (χ3v) is 4.26. The Morgan fingerprint density at radius 3 is 2.68 bits per heavy atom. The number of amides is 1. The summed E-state index contributed by atoms with van der Waals surface area (Å²) in [6.45, 7) is 11.7. The van der Waals surface area contributed by atoms with E-state index < -0.39 is 0 Å². The van der Waals surface area contributed by atoms with Gasteiger partial charge < -0.3 is 9.80 Å². The number of hydrogen-bond donors (Lipinski definition) is 0. The van der Waals surface area contributed by atoms with E-state index in [1.54, 1.807) is 6.20 Å². The van der Waals surface area contributed by atoms with E-state index in [-0.39, 0.29) is 17.4 Å². The van der Waals surface area contributed by atoms with Crippen molar-refractivity contribution in [3.63, 3.8) is 0 Å². The second-order valence-electron chi connectivity index (χ2n) is 7.33. The van der Waals surface area contributed by atoms with Crippen LogP contribution in [0.2, 0.25) is 0 Å². The summed E-state index contributed by atoms with van der Waals surface area (Å²) >= 11 is 0. The lowest BCUT2D eigenvalue weighted by molar-refractivity contribution is -0.140. The first-order valence-corrected chi connectivity index (χ1v) is 8.02. The molecular formula is C17H28N4O. The van der Waals surface area contributed by atoms with Gasteiger partial charge in [-0.05, 0) is 26.7 Å². The Balaban J connectivity index is 2.15. The molecule has 5 heteroatoms. The first-order valence-electron chi connectivity index (χ1n) is 8.02. The van der Waals surface area contributed by atoms with Crippen LogP contribution in [0.25, 0.3) is 0 Å². The van der Waals surface area contributed by atoms with Gasteiger partial charge in [-0.25, -0.2) is 4.98 Å². The number of carbonyl (C=O) groups excluding carboxylic acids is 1. The third kappa shape index (κ3) is 3.57. The van der Waals surface area contributed by atoms with Crippen molar-refractivity contribution in [2.24, 2.45) is 5.41 Å². The standard InChI is InChI=1S/C17H28N4O/c1-12-10-18-13(2)15(19-12)21-9-7-8-14(11-21)20(6)16(22)17(3,4)5/h10,14H,7-9,11H2,1-6H3. The Bertz CT molecular complexity index is 550. The van der Waals surface area contributed by atoms with Gasteiger partial charge in [0.05, 0.1) is 11.4 Å². The number of aromatic nitrogens is 2. The van der Waals surface area contributed by atoms with Crippen LogP contribution in [-0.2, 0) is 4.79 Å². The van der Waals surface area contributed by atoms with Gasteiger partial charge in [-0.1, -0.05) is 20.8 Å². The van der Waals surface area contributed by atoms with Crippen molar-refractivity contribution in [1.82, 2.24) is 14.9 Å². The molecule has 0 aromatic carbocycles. The second kappa shape index (κ2) is 6.23. The predicted molar refractivity (Wildman–Crippen MR) is 89.0 cm³/mol. The molecule has 5 nitrogen and oxygen atoms in total. The molecule has 1 amide bonds. The summed E-state index contributed by atoms with van der Waals surface area (Å²) in [5.41, 5.74) is 1.55. The molecule has 1 aliphatic heterocycles. The average molecular weight is 304 g/mol. The Kier molecular flexibility index (Phi) is 4.73. The van der Waals surface area contributed by atoms with E-state index in [2.05, 4.69) is 14.9 Å². The van der Waals surface area contributed by atoms with Gasteiger partial charge in [0.25, 0.3) is 0 Å². The highest BCUT2D eigenvalue weighted by molar-refractivity contribution is 5.81. The van der Waals surface area contributed by atoms with Crippen LogP contribution in [0.5, 0.6) is 0 Å². The summed E-state index contributed by atoms with van der Waals surface area (Å²) in [6.07, 6.45) is 3.92. The Hall–Kier alpha value is -1.65. The van der Waals surface area contributed by atoms with E-state index >= 15 is 0 Å². The molecule has 122 valence electrons. The molecule has 0 aliphatic carbocycles. The zero-order chi connectivity index (χ0) is 16.5. The molecule has 2 rings (SSSR count). The Labute approximate surface area is 133 Å². The van der Waals surface area contributed by atoms with Crippen LogP contribution in [0, 0.1) is 19.3 Å². The van der Waals surface area contributed by atoms with Crippen molar-refractivity contribution >= 4 is 11.7 Å². The molecule has 0 saturated carbocycles. The molecule has 1 fully saturated rings. The molecule has 22 heavy (non-hydrogen) atoms. The van der Waals surface area contributed by atoms with Gasteiger partial charge >= 0.3 is 0 Å². The van der Waals surface area contributed by atoms with Gasteiger partial charge in [0.1, 0.15) is 5.82 Å². The van der Waals surface area contributed by atoms with E-state index in [4.69, 9.17) is 0 Å². The number of anilines is 1. The number of piperidine rings is 1. The molecule has 1 atom stereocenters. The van der Waals surface area contributed by atoms with E-state index in [0.717, 1.165) is 43.1 Å². The molecule has 1 saturated heterocycles. The highest BCUT2D eigenvalue weighted by Gasteiger charge is 2.32. The van der Waals surface area contributed by atoms with Crippen molar-refractivity contribution in [1.29, 1.82) is 0 Å². The van der Waals surface area contributed by atoms with Crippen molar-refractivity contribution in [2.75, 3.05) is 25.0 Å². The number of hydrogen-bond acceptors (Lipinski definition) is 4. The topological polar surface area (TPSA) is 49.3 Å². The van der Waals surface area contributed by atoms with Gasteiger partial charge in [-0.15, -0.1) is 0 Å². The summed E-state index contributed by atoms with van der Waals surface area (Å²) in [4.78, 5) is 25.8. The summed E-state index contributed by atoms with van der Waals surface area (Å²) < 4.78 is 0. The van der Waals surface area contributed by atoms with Crippen LogP contribution < -0.4 is 4.90 Å². The number of rotatable bonds is 2. The van der Waals surface area contributed by atoms with Crippen LogP contribution in [0.15, 0.2) is 6.20 Å². The summed E-state index contributed by atoms with van der Waals surface area (Å²) in [6, 6.07) is 0.238. The minimum atomic E-state index is -0.337. The first kappa shape index (κ1) is 16.7. The molecule has 0 N–H and O–H groups in total. The highest BCUT2D eigenvalue weighted by Crippen LogP contribution is 2.25. The molecule has 0 radical (unpaired) electrons. The van der Waals surface area contributed by atoms with Gasteiger partial charge in [-0.3, -0.25) is 9.78 Å². The van der Waals surface area contributed by atoms with Crippen LogP contribution in [0.4, 0.5) is 5.82 Å². The normalized spacial score (nSPS) is 19.2. The van der Waals surface area contributed by atoms with E-state index in [0.29, 0.717) is 0 Å². The minimum Gasteiger partial charge on any atom is -0.353 e. The molecule has 1 aromatic heterocycles. The van der Waals surface area contributed by atoms with Crippen molar-refractivity contribution in [3.05, 3.63) is 17.6 Å². The van der Waals surface area contributed by atoms with Crippen LogP contribution >= 0.6 is 0 Å². The fourth-order valence-electron chi connectivity index (χ4n) is 2.98. The highest BCUT2D eigenvalue weighted by atomic mass is 16.2. The van der Waals surface area contributed by atoms with Crippen LogP contribution in [-0.4, -0.2) is 47.0 Å². The van der Waals surface area contributed by atoms with Gasteiger partial charge in [0.15, 0.2) is 0 Å². The Morgan fingerprint density at radius 1 is 1.36 bits per heavy atom. The predicted octanol–water partition coefficient (Wildman–Crippen LogP) is 2.57. The first-order chi connectivity index (χ1) is 10.2. The van der Waals surface area contributed by atoms with Gasteiger partial charge in [-0.2, -0.15) is 0 Å². The summed E-state index contributed by atoms with van der Waals surface area (Å²) in [5, 5.41) is 0. The summed E-state index contributed by atoms with van der Waals surface area (Å²) in [5.74, 6) is 1.16. The lowest BCUT2D eigenvalue weighted by Gasteiger charge is -2.40. The fourth-order valence-corrected chi connectivity index (χ4v) is 2.98. The number of nitrogens with zero attached hydrogens (tertiary/aromatic N) is 4. The van der Waals surface area contributed by atoms with Crippen LogP contribution in [0.1, 0.15) is 45.0 Å². The van der Waals surface area contributed by atoms with Crippen molar-refractivity contribution < 1.29 is 4.79 Å². The van der Waals surface area contributed by atoms with E-state index in [9.17, 15) is 4.79 Å². The van der Waals surface area contributed by atoms with Gasteiger partial charge in [0, 0.05) is 37.8 Å². The molecule has 1 aromatic rings. The maximum absolute atomic E-state index is 12.5. The SMILES string of the molecule is Cc1cnc(C)c(N2CCCC(N(C)C(=O)C(C)(C)C)C2)n1. The molecule has 1 unspecified atom stereocenters. The lowest BCUT2D eigenvalue weighted by Crippen LogP contribution is -2.51. The monoisotopic (exact) mass is 304 g/mol. The minimum absolute atomic E-state index is 0.200. The van der Waals surface area contributed by atoms with E-state index in [1.165, 1.54) is 0 Å². The smallest absolute Gasteiger partial charge is 0.227 e. The molecule has 1 aliphatic rings. The maximum Gasteiger partial charge on any atom is 0.227 e. The molecule has 2 heterocycles. The number of aryl methyl sites for hydroxylation is 2. The maximum atomic E-state index is 12.5. The largest absolute Gasteiger partial charge is 0.353 e. The van der Waals surface area contributed by atoms with Crippen LogP contribution in [0.3, 0.4) is 0 Å². The zero-order valence-corrected chi connectivity index (χ0v) is 14.7. The zero-order valence-electron chi connectivity index (χ0n) is 14.7. The van der Waals surface area contributed by atoms with Gasteiger partial charge in [0.2, 0.25) is 5.91 Å². The molecule has 0 spiro atoms. The molecular weight excluding hydrogens is 276 g/mol. The second-order valence-corrected chi connectivity index (χ2v) is 7.33. The molecule has 0 bridgehead atoms. The third-order valence-electron chi connectivity index (χ3n) is 4.26. The van der Waals surface area contributed by atoms with Crippen molar-refractivity contribution in [2.45, 2.75) is 53.5 Å². The summed E-state index contributed by atoms with van der Waals surface area (Å²) in [7, 11) is 1.93. The number of carbonyl (C=O) groups is 1.